The minimum Gasteiger partial charge on any atom is -0.376 e. The molecule has 102 valence electrons. The van der Waals surface area contributed by atoms with Crippen LogP contribution in [0.2, 0.25) is 0 Å². The average Bonchev–Trinajstić information content (AvgIpc) is 2.75. The number of methoxy groups -OCH3 is 1. The Morgan fingerprint density at radius 3 is 2.39 bits per heavy atom. The fourth-order valence-electron chi connectivity index (χ4n) is 2.81. The number of rotatable bonds is 3. The van der Waals surface area contributed by atoms with Crippen LogP contribution in [0.3, 0.4) is 0 Å². The molecular weight excluding hydrogens is 228 g/mol. The molecule has 1 fully saturated rings. The lowest BCUT2D eigenvalue weighted by molar-refractivity contribution is -0.0816. The van der Waals surface area contributed by atoms with E-state index in [0.717, 1.165) is 31.5 Å². The first-order chi connectivity index (χ1) is 8.40. The predicted molar refractivity (Wildman–Crippen MR) is 69.9 cm³/mol. The van der Waals surface area contributed by atoms with E-state index in [2.05, 4.69) is 23.9 Å². The molecule has 1 saturated carbocycles. The summed E-state index contributed by atoms with van der Waals surface area (Å²) in [6.45, 7) is 4.61. The summed E-state index contributed by atoms with van der Waals surface area (Å²) < 4.78 is 7.55. The Kier molecular flexibility index (Phi) is 3.47. The van der Waals surface area contributed by atoms with Crippen LogP contribution >= 0.6 is 0 Å². The van der Waals surface area contributed by atoms with Gasteiger partial charge in [-0.3, -0.25) is 4.68 Å². The molecule has 5 nitrogen and oxygen atoms in total. The molecule has 1 atom stereocenters. The van der Waals surface area contributed by atoms with Crippen molar-refractivity contribution in [3.8, 4) is 0 Å². The largest absolute Gasteiger partial charge is 0.376 e. The molecule has 1 unspecified atom stereocenters. The van der Waals surface area contributed by atoms with Gasteiger partial charge in [0, 0.05) is 14.2 Å². The maximum Gasteiger partial charge on any atom is 0.146 e. The number of hydrogen-bond acceptors (Lipinski definition) is 4. The molecule has 1 aliphatic rings. The topological polar surface area (TPSA) is 66.0 Å². The van der Waals surface area contributed by atoms with Crippen LogP contribution < -0.4 is 5.73 Å². The molecule has 0 amide bonds. The van der Waals surface area contributed by atoms with Gasteiger partial charge in [-0.15, -0.1) is 0 Å². The van der Waals surface area contributed by atoms with Crippen LogP contribution in [0.15, 0.2) is 6.33 Å². The van der Waals surface area contributed by atoms with E-state index in [1.807, 2.05) is 7.05 Å². The van der Waals surface area contributed by atoms with Crippen molar-refractivity contribution in [1.29, 1.82) is 0 Å². The van der Waals surface area contributed by atoms with Gasteiger partial charge in [0.25, 0.3) is 0 Å². The van der Waals surface area contributed by atoms with E-state index in [4.69, 9.17) is 10.5 Å². The normalized spacial score (nSPS) is 23.8. The second-order valence-electron chi connectivity index (χ2n) is 6.15. The first-order valence-electron chi connectivity index (χ1n) is 6.55. The van der Waals surface area contributed by atoms with Gasteiger partial charge in [-0.05, 0) is 31.1 Å². The van der Waals surface area contributed by atoms with E-state index >= 15 is 0 Å². The van der Waals surface area contributed by atoms with Crippen molar-refractivity contribution in [2.75, 3.05) is 7.11 Å². The number of hydrogen-bond donors (Lipinski definition) is 1. The number of ether oxygens (including phenoxy) is 1. The summed E-state index contributed by atoms with van der Waals surface area (Å²) in [5, 5.41) is 4.10. The lowest BCUT2D eigenvalue weighted by Gasteiger charge is -2.45. The van der Waals surface area contributed by atoms with E-state index in [-0.39, 0.29) is 11.6 Å². The Morgan fingerprint density at radius 1 is 1.33 bits per heavy atom. The van der Waals surface area contributed by atoms with E-state index < -0.39 is 0 Å². The lowest BCUT2D eigenvalue weighted by Crippen LogP contribution is -2.48. The zero-order valence-corrected chi connectivity index (χ0v) is 11.8. The van der Waals surface area contributed by atoms with Crippen LogP contribution in [0, 0.1) is 5.41 Å². The molecular formula is C13H24N4O. The van der Waals surface area contributed by atoms with E-state index in [1.165, 1.54) is 0 Å². The molecule has 1 aromatic heterocycles. The summed E-state index contributed by atoms with van der Waals surface area (Å²) in [5.74, 6) is 0.802. The minimum absolute atomic E-state index is 0.217. The summed E-state index contributed by atoms with van der Waals surface area (Å²) in [5.41, 5.74) is 6.50. The number of aromatic nitrogens is 3. The molecule has 1 aliphatic carbocycles. The van der Waals surface area contributed by atoms with Crippen molar-refractivity contribution >= 4 is 0 Å². The van der Waals surface area contributed by atoms with Crippen LogP contribution in [0.25, 0.3) is 0 Å². The third kappa shape index (κ3) is 2.29. The van der Waals surface area contributed by atoms with E-state index in [9.17, 15) is 0 Å². The Morgan fingerprint density at radius 2 is 1.94 bits per heavy atom. The quantitative estimate of drug-likeness (QED) is 0.890. The zero-order chi connectivity index (χ0) is 13.4. The van der Waals surface area contributed by atoms with Gasteiger partial charge in [-0.25, -0.2) is 4.98 Å². The molecule has 0 saturated heterocycles. The monoisotopic (exact) mass is 252 g/mol. The fraction of sp³-hybridized carbons (Fsp3) is 0.846. The standard InChI is InChI=1S/C13H24N4O/c1-12(2)5-7-13(18-4,8-6-12)10(14)11-15-9-16-17(11)3/h9-10H,5-8,14H2,1-4H3. The van der Waals surface area contributed by atoms with Crippen molar-refractivity contribution in [1.82, 2.24) is 14.8 Å². The van der Waals surface area contributed by atoms with Crippen molar-refractivity contribution in [2.24, 2.45) is 18.2 Å². The van der Waals surface area contributed by atoms with Crippen LogP contribution in [0.5, 0.6) is 0 Å². The first kappa shape index (κ1) is 13.5. The van der Waals surface area contributed by atoms with Gasteiger partial charge in [0.05, 0.1) is 11.6 Å². The van der Waals surface area contributed by atoms with Crippen LogP contribution in [0.4, 0.5) is 0 Å². The highest BCUT2D eigenvalue weighted by atomic mass is 16.5. The molecule has 1 aromatic rings. The fourth-order valence-corrected chi connectivity index (χ4v) is 2.81. The molecule has 5 heteroatoms. The Labute approximate surface area is 109 Å². The third-order valence-electron chi connectivity index (χ3n) is 4.45. The van der Waals surface area contributed by atoms with Gasteiger partial charge >= 0.3 is 0 Å². The van der Waals surface area contributed by atoms with Crippen molar-refractivity contribution in [2.45, 2.75) is 51.2 Å². The lowest BCUT2D eigenvalue weighted by atomic mass is 9.68. The second kappa shape index (κ2) is 4.63. The smallest absolute Gasteiger partial charge is 0.146 e. The summed E-state index contributed by atoms with van der Waals surface area (Å²) in [6.07, 6.45) is 5.76. The SMILES string of the molecule is COC1(C(N)c2ncnn2C)CCC(C)(C)CC1. The second-order valence-corrected chi connectivity index (χ2v) is 6.15. The van der Waals surface area contributed by atoms with Gasteiger partial charge in [-0.2, -0.15) is 5.10 Å². The Bertz CT molecular complexity index is 403. The summed E-state index contributed by atoms with van der Waals surface area (Å²) in [4.78, 5) is 4.27. The Balaban J connectivity index is 2.21. The van der Waals surface area contributed by atoms with Gasteiger partial charge in [0.1, 0.15) is 12.2 Å². The van der Waals surface area contributed by atoms with Gasteiger partial charge < -0.3 is 10.5 Å². The first-order valence-corrected chi connectivity index (χ1v) is 6.55. The average molecular weight is 252 g/mol. The zero-order valence-electron chi connectivity index (χ0n) is 11.8. The molecule has 0 radical (unpaired) electrons. The summed E-state index contributed by atoms with van der Waals surface area (Å²) in [6, 6.07) is -0.217. The highest BCUT2D eigenvalue weighted by Gasteiger charge is 2.44. The number of nitrogens with zero attached hydrogens (tertiary/aromatic N) is 3. The van der Waals surface area contributed by atoms with Crippen molar-refractivity contribution in [3.63, 3.8) is 0 Å². The molecule has 18 heavy (non-hydrogen) atoms. The third-order valence-corrected chi connectivity index (χ3v) is 4.45. The van der Waals surface area contributed by atoms with Crippen molar-refractivity contribution in [3.05, 3.63) is 12.2 Å². The summed E-state index contributed by atoms with van der Waals surface area (Å²) in [7, 11) is 3.63. The van der Waals surface area contributed by atoms with Gasteiger partial charge in [0.2, 0.25) is 0 Å². The Hall–Kier alpha value is -0.940. The number of aryl methyl sites for hydroxylation is 1. The molecule has 1 heterocycles. The van der Waals surface area contributed by atoms with E-state index in [1.54, 1.807) is 18.1 Å². The van der Waals surface area contributed by atoms with Gasteiger partial charge in [-0.1, -0.05) is 13.8 Å². The summed E-state index contributed by atoms with van der Waals surface area (Å²) >= 11 is 0. The van der Waals surface area contributed by atoms with Crippen LogP contribution in [-0.4, -0.2) is 27.5 Å². The molecule has 0 aliphatic heterocycles. The predicted octanol–water partition coefficient (Wildman–Crippen LogP) is 1.80. The van der Waals surface area contributed by atoms with E-state index in [0.29, 0.717) is 5.41 Å². The molecule has 2 N–H and O–H groups in total. The highest BCUT2D eigenvalue weighted by Crippen LogP contribution is 2.46. The maximum atomic E-state index is 6.40. The number of nitrogens with two attached hydrogens (primary N) is 1. The maximum absolute atomic E-state index is 6.40. The minimum atomic E-state index is -0.295. The van der Waals surface area contributed by atoms with Crippen molar-refractivity contribution < 1.29 is 4.74 Å². The van der Waals surface area contributed by atoms with Crippen LogP contribution in [-0.2, 0) is 11.8 Å². The molecule has 0 spiro atoms. The molecule has 2 rings (SSSR count). The van der Waals surface area contributed by atoms with Gasteiger partial charge in [0.15, 0.2) is 0 Å². The molecule has 0 bridgehead atoms. The van der Waals surface area contributed by atoms with Crippen LogP contribution in [0.1, 0.15) is 51.4 Å². The molecule has 0 aromatic carbocycles. The highest BCUT2D eigenvalue weighted by molar-refractivity contribution is 5.06.